The van der Waals surface area contributed by atoms with Gasteiger partial charge in [0.1, 0.15) is 0 Å². The predicted octanol–water partition coefficient (Wildman–Crippen LogP) is 2.28. The molecule has 1 atom stereocenters. The number of aliphatic hydroxyl groups is 1. The van der Waals surface area contributed by atoms with Crippen LogP contribution >= 0.6 is 11.3 Å². The smallest absolute Gasteiger partial charge is 0.261 e. The zero-order valence-corrected chi connectivity index (χ0v) is 12.5. The number of carbonyl (C=O) groups excluding carboxylic acids is 2. The van der Waals surface area contributed by atoms with Gasteiger partial charge in [0.15, 0.2) is 5.78 Å². The second-order valence-corrected chi connectivity index (χ2v) is 5.71. The van der Waals surface area contributed by atoms with Gasteiger partial charge in [0.05, 0.1) is 17.5 Å². The van der Waals surface area contributed by atoms with E-state index in [4.69, 9.17) is 0 Å². The Morgan fingerprint density at radius 1 is 1.29 bits per heavy atom. The van der Waals surface area contributed by atoms with Crippen LogP contribution in [0.4, 0.5) is 0 Å². The first-order chi connectivity index (χ1) is 10.1. The summed E-state index contributed by atoms with van der Waals surface area (Å²) in [6.07, 6.45) is 0.564. The number of benzene rings is 1. The maximum atomic E-state index is 12.1. The van der Waals surface area contributed by atoms with Crippen molar-refractivity contribution >= 4 is 23.0 Å². The Bertz CT molecular complexity index is 621. The van der Waals surface area contributed by atoms with E-state index < -0.39 is 0 Å². The van der Waals surface area contributed by atoms with Crippen LogP contribution in [0.5, 0.6) is 0 Å². The SMILES string of the molecule is CC(=O)c1csc(C(=O)N[C@@H](CO)Cc2ccccc2)c1. The number of aliphatic hydroxyl groups excluding tert-OH is 1. The lowest BCUT2D eigenvalue weighted by Gasteiger charge is -2.15. The van der Waals surface area contributed by atoms with Crippen LogP contribution in [0.2, 0.25) is 0 Å². The van der Waals surface area contributed by atoms with Gasteiger partial charge in [0, 0.05) is 10.9 Å². The molecule has 0 aliphatic heterocycles. The molecular formula is C16H17NO3S. The van der Waals surface area contributed by atoms with Crippen molar-refractivity contribution in [1.82, 2.24) is 5.32 Å². The molecule has 0 spiro atoms. The molecule has 4 nitrogen and oxygen atoms in total. The third kappa shape index (κ3) is 4.24. The molecule has 0 saturated carbocycles. The topological polar surface area (TPSA) is 66.4 Å². The number of Topliss-reactive ketones (excluding diaryl/α,β-unsaturated/α-hetero) is 1. The number of nitrogens with one attached hydrogen (secondary N) is 1. The van der Waals surface area contributed by atoms with E-state index in [0.29, 0.717) is 16.9 Å². The molecule has 0 aliphatic rings. The summed E-state index contributed by atoms with van der Waals surface area (Å²) >= 11 is 1.23. The third-order valence-electron chi connectivity index (χ3n) is 3.11. The average Bonchev–Trinajstić information content (AvgIpc) is 2.97. The van der Waals surface area contributed by atoms with Crippen LogP contribution in [0.15, 0.2) is 41.8 Å². The summed E-state index contributed by atoms with van der Waals surface area (Å²) in [6, 6.07) is 10.9. The Hall–Kier alpha value is -1.98. The zero-order chi connectivity index (χ0) is 15.2. The number of hydrogen-bond donors (Lipinski definition) is 2. The number of carbonyl (C=O) groups is 2. The maximum absolute atomic E-state index is 12.1. The molecule has 1 heterocycles. The number of thiophene rings is 1. The van der Waals surface area contributed by atoms with Crippen molar-refractivity contribution in [2.45, 2.75) is 19.4 Å². The van der Waals surface area contributed by atoms with Gasteiger partial charge in [-0.15, -0.1) is 11.3 Å². The number of hydrogen-bond acceptors (Lipinski definition) is 4. The van der Waals surface area contributed by atoms with E-state index in [1.54, 1.807) is 11.4 Å². The summed E-state index contributed by atoms with van der Waals surface area (Å²) in [4.78, 5) is 23.8. The van der Waals surface area contributed by atoms with Crippen molar-refractivity contribution in [3.63, 3.8) is 0 Å². The van der Waals surface area contributed by atoms with Crippen molar-refractivity contribution in [2.75, 3.05) is 6.61 Å². The minimum atomic E-state index is -0.345. The highest BCUT2D eigenvalue weighted by Crippen LogP contribution is 2.15. The van der Waals surface area contributed by atoms with Gasteiger partial charge < -0.3 is 10.4 Å². The minimum Gasteiger partial charge on any atom is -0.394 e. The van der Waals surface area contributed by atoms with Crippen molar-refractivity contribution in [1.29, 1.82) is 0 Å². The number of ketones is 1. The standard InChI is InChI=1S/C16H17NO3S/c1-11(19)13-8-15(21-10-13)16(20)17-14(9-18)7-12-5-3-2-4-6-12/h2-6,8,10,14,18H,7,9H2,1H3,(H,17,20)/t14-/m1/s1. The molecule has 1 amide bonds. The molecule has 110 valence electrons. The van der Waals surface area contributed by atoms with Crippen LogP contribution in [0.3, 0.4) is 0 Å². The molecule has 2 N–H and O–H groups in total. The van der Waals surface area contributed by atoms with Crippen LogP contribution in [0, 0.1) is 0 Å². The van der Waals surface area contributed by atoms with Gasteiger partial charge in [0.25, 0.3) is 5.91 Å². The first-order valence-electron chi connectivity index (χ1n) is 6.65. The molecule has 1 aromatic heterocycles. The van der Waals surface area contributed by atoms with Crippen LogP contribution in [-0.2, 0) is 6.42 Å². The Balaban J connectivity index is 2.00. The quantitative estimate of drug-likeness (QED) is 0.805. The van der Waals surface area contributed by atoms with Crippen LogP contribution < -0.4 is 5.32 Å². The average molecular weight is 303 g/mol. The van der Waals surface area contributed by atoms with Gasteiger partial charge in [-0.25, -0.2) is 0 Å². The molecule has 0 saturated heterocycles. The van der Waals surface area contributed by atoms with Gasteiger partial charge in [-0.1, -0.05) is 30.3 Å². The van der Waals surface area contributed by atoms with Crippen molar-refractivity contribution in [3.8, 4) is 0 Å². The lowest BCUT2D eigenvalue weighted by Crippen LogP contribution is -2.38. The predicted molar refractivity (Wildman–Crippen MR) is 82.8 cm³/mol. The highest BCUT2D eigenvalue weighted by molar-refractivity contribution is 7.12. The van der Waals surface area contributed by atoms with Gasteiger partial charge in [-0.3, -0.25) is 9.59 Å². The molecule has 0 bridgehead atoms. The summed E-state index contributed by atoms with van der Waals surface area (Å²) in [5.74, 6) is -0.323. The zero-order valence-electron chi connectivity index (χ0n) is 11.7. The molecule has 0 unspecified atom stereocenters. The van der Waals surface area contributed by atoms with E-state index in [2.05, 4.69) is 5.32 Å². The van der Waals surface area contributed by atoms with E-state index in [1.165, 1.54) is 18.3 Å². The molecule has 2 aromatic rings. The van der Waals surface area contributed by atoms with E-state index >= 15 is 0 Å². The van der Waals surface area contributed by atoms with Gasteiger partial charge in [-0.2, -0.15) is 0 Å². The Morgan fingerprint density at radius 2 is 2.00 bits per heavy atom. The van der Waals surface area contributed by atoms with E-state index in [0.717, 1.165) is 5.56 Å². The number of rotatable bonds is 6. The van der Waals surface area contributed by atoms with Crippen molar-refractivity contribution in [3.05, 3.63) is 57.8 Å². The molecule has 0 aliphatic carbocycles. The molecule has 5 heteroatoms. The molecule has 21 heavy (non-hydrogen) atoms. The molecule has 1 aromatic carbocycles. The largest absolute Gasteiger partial charge is 0.394 e. The van der Waals surface area contributed by atoms with Gasteiger partial charge in [0.2, 0.25) is 0 Å². The highest BCUT2D eigenvalue weighted by Gasteiger charge is 2.16. The molecular weight excluding hydrogens is 286 g/mol. The third-order valence-corrected chi connectivity index (χ3v) is 4.04. The second-order valence-electron chi connectivity index (χ2n) is 4.80. The van der Waals surface area contributed by atoms with Crippen LogP contribution in [0.25, 0.3) is 0 Å². The highest BCUT2D eigenvalue weighted by atomic mass is 32.1. The fourth-order valence-corrected chi connectivity index (χ4v) is 2.81. The van der Waals surface area contributed by atoms with Gasteiger partial charge >= 0.3 is 0 Å². The first-order valence-corrected chi connectivity index (χ1v) is 7.53. The van der Waals surface area contributed by atoms with Crippen molar-refractivity contribution in [2.24, 2.45) is 0 Å². The minimum absolute atomic E-state index is 0.0618. The van der Waals surface area contributed by atoms with Crippen LogP contribution in [-0.4, -0.2) is 29.4 Å². The molecule has 0 fully saturated rings. The second kappa shape index (κ2) is 7.15. The Kier molecular flexibility index (Phi) is 5.25. The van der Waals surface area contributed by atoms with Crippen LogP contribution in [0.1, 0.15) is 32.5 Å². The Labute approximate surface area is 127 Å². The van der Waals surface area contributed by atoms with Gasteiger partial charge in [-0.05, 0) is 25.0 Å². The summed E-state index contributed by atoms with van der Waals surface area (Å²) < 4.78 is 0. The van der Waals surface area contributed by atoms with Crippen molar-refractivity contribution < 1.29 is 14.7 Å². The van der Waals surface area contributed by atoms with E-state index in [1.807, 2.05) is 30.3 Å². The lowest BCUT2D eigenvalue weighted by molar-refractivity contribution is 0.0920. The maximum Gasteiger partial charge on any atom is 0.261 e. The summed E-state index contributed by atoms with van der Waals surface area (Å²) in [5, 5.41) is 13.9. The normalized spacial score (nSPS) is 11.9. The molecule has 2 rings (SSSR count). The lowest BCUT2D eigenvalue weighted by atomic mass is 10.1. The van der Waals surface area contributed by atoms with E-state index in [-0.39, 0.29) is 24.3 Å². The van der Waals surface area contributed by atoms with E-state index in [9.17, 15) is 14.7 Å². The fraction of sp³-hybridized carbons (Fsp3) is 0.250. The first kappa shape index (κ1) is 15.4. The Morgan fingerprint density at radius 3 is 2.57 bits per heavy atom. The monoisotopic (exact) mass is 303 g/mol. The molecule has 0 radical (unpaired) electrons. The summed E-state index contributed by atoms with van der Waals surface area (Å²) in [6.45, 7) is 1.33. The summed E-state index contributed by atoms with van der Waals surface area (Å²) in [5.41, 5.74) is 1.58. The number of amides is 1. The fourth-order valence-electron chi connectivity index (χ4n) is 1.96. The summed E-state index contributed by atoms with van der Waals surface area (Å²) in [7, 11) is 0.